The lowest BCUT2D eigenvalue weighted by Gasteiger charge is -2.44. The quantitative estimate of drug-likeness (QED) is 0.353. The maximum Gasteiger partial charge on any atom is 0.267 e. The van der Waals surface area contributed by atoms with Crippen LogP contribution in [-0.4, -0.2) is 97.2 Å². The highest BCUT2D eigenvalue weighted by molar-refractivity contribution is 7.85. The summed E-state index contributed by atoms with van der Waals surface area (Å²) in [7, 11) is 1.38. The zero-order valence-electron chi connectivity index (χ0n) is 15.2. The molecule has 1 aliphatic heterocycles. The second kappa shape index (κ2) is 11.0. The molecule has 0 saturated carbocycles. The normalized spacial score (nSPS) is 30.5. The number of ether oxygens (including phenoxy) is 7. The molecule has 0 amide bonds. The first-order valence-corrected chi connectivity index (χ1v) is 9.32. The van der Waals surface area contributed by atoms with Gasteiger partial charge in [0.05, 0.1) is 13.2 Å². The van der Waals surface area contributed by atoms with Crippen molar-refractivity contribution in [3.63, 3.8) is 0 Å². The van der Waals surface area contributed by atoms with Crippen LogP contribution in [0.1, 0.15) is 0 Å². The largest absolute Gasteiger partial charge is 0.439 e. The van der Waals surface area contributed by atoms with Crippen molar-refractivity contribution in [3.05, 3.63) is 0 Å². The minimum absolute atomic E-state index is 0.00472. The summed E-state index contributed by atoms with van der Waals surface area (Å²) in [6.07, 6.45) is 2.33. The minimum atomic E-state index is -4.32. The maximum atomic E-state index is 11.3. The molecule has 0 aromatic heterocycles. The molecule has 11 heteroatoms. The summed E-state index contributed by atoms with van der Waals surface area (Å²) in [4.78, 5) is 0. The number of terminal acetylenes is 1. The fourth-order valence-electron chi connectivity index (χ4n) is 2.76. The van der Waals surface area contributed by atoms with Crippen LogP contribution in [0.3, 0.4) is 0 Å². The summed E-state index contributed by atoms with van der Waals surface area (Å²) in [5.74, 6) is -0.690. The highest BCUT2D eigenvalue weighted by atomic mass is 32.2. The topological polar surface area (TPSA) is 119 Å². The Hall–Kier alpha value is -0.970. The van der Waals surface area contributed by atoms with Gasteiger partial charge in [0.25, 0.3) is 10.1 Å². The standard InChI is InChI=1S/C15H26O10S/c1-6-23-10(7-19-2)8-24-15-14(22-5)13(21-4)12(20-3)11(25-15)9-26(16,17)18/h1,10-15H,7-9H2,2-5H3,(H,16,17,18). The predicted molar refractivity (Wildman–Crippen MR) is 89.0 cm³/mol. The fourth-order valence-corrected chi connectivity index (χ4v) is 3.44. The first kappa shape index (κ1) is 23.1. The van der Waals surface area contributed by atoms with Crippen LogP contribution in [0.4, 0.5) is 0 Å². The number of hydrogen-bond acceptors (Lipinski definition) is 9. The molecule has 1 rings (SSSR count). The summed E-state index contributed by atoms with van der Waals surface area (Å²) in [6.45, 7) is 0.173. The van der Waals surface area contributed by atoms with Crippen molar-refractivity contribution in [2.45, 2.75) is 36.8 Å². The minimum Gasteiger partial charge on any atom is -0.439 e. The van der Waals surface area contributed by atoms with Crippen molar-refractivity contribution in [2.24, 2.45) is 0 Å². The molecule has 0 bridgehead atoms. The molecular weight excluding hydrogens is 372 g/mol. The third-order valence-corrected chi connectivity index (χ3v) is 4.57. The molecule has 1 aliphatic rings. The third kappa shape index (κ3) is 6.64. The van der Waals surface area contributed by atoms with E-state index in [1.54, 1.807) is 0 Å². The van der Waals surface area contributed by atoms with Crippen molar-refractivity contribution < 1.29 is 46.1 Å². The Morgan fingerprint density at radius 2 is 1.69 bits per heavy atom. The van der Waals surface area contributed by atoms with Crippen LogP contribution in [0.15, 0.2) is 0 Å². The molecule has 1 fully saturated rings. The average molecular weight is 398 g/mol. The van der Waals surface area contributed by atoms with Gasteiger partial charge in [0.15, 0.2) is 12.4 Å². The van der Waals surface area contributed by atoms with Crippen molar-refractivity contribution in [1.82, 2.24) is 0 Å². The van der Waals surface area contributed by atoms with Crippen LogP contribution in [0.25, 0.3) is 0 Å². The monoisotopic (exact) mass is 398 g/mol. The Morgan fingerprint density at radius 1 is 1.08 bits per heavy atom. The Balaban J connectivity index is 2.94. The Labute approximate surface area is 153 Å². The summed E-state index contributed by atoms with van der Waals surface area (Å²) in [5, 5.41) is 0. The Kier molecular flexibility index (Phi) is 9.77. The van der Waals surface area contributed by atoms with Gasteiger partial charge in [-0.15, -0.1) is 0 Å². The van der Waals surface area contributed by atoms with Crippen molar-refractivity contribution in [2.75, 3.05) is 47.4 Å². The van der Waals surface area contributed by atoms with Crippen molar-refractivity contribution >= 4 is 10.1 Å². The molecule has 0 aromatic carbocycles. The van der Waals surface area contributed by atoms with Gasteiger partial charge in [0.1, 0.15) is 36.3 Å². The van der Waals surface area contributed by atoms with Crippen LogP contribution < -0.4 is 0 Å². The lowest BCUT2D eigenvalue weighted by Crippen LogP contribution is -2.61. The number of hydrogen-bond donors (Lipinski definition) is 1. The molecule has 0 aliphatic carbocycles. The molecule has 1 heterocycles. The summed E-state index contributed by atoms with van der Waals surface area (Å²) >= 11 is 0. The van der Waals surface area contributed by atoms with Gasteiger partial charge in [0, 0.05) is 28.4 Å². The van der Waals surface area contributed by atoms with Gasteiger partial charge < -0.3 is 33.2 Å². The van der Waals surface area contributed by atoms with Crippen molar-refractivity contribution in [1.29, 1.82) is 0 Å². The molecule has 26 heavy (non-hydrogen) atoms. The molecule has 1 saturated heterocycles. The fraction of sp³-hybridized carbons (Fsp3) is 0.867. The zero-order valence-corrected chi connectivity index (χ0v) is 16.0. The second-order valence-electron chi connectivity index (χ2n) is 5.54. The van der Waals surface area contributed by atoms with E-state index in [0.717, 1.165) is 0 Å². The van der Waals surface area contributed by atoms with Crippen LogP contribution in [0.5, 0.6) is 0 Å². The molecular formula is C15H26O10S. The molecule has 152 valence electrons. The van der Waals surface area contributed by atoms with E-state index in [9.17, 15) is 13.0 Å². The van der Waals surface area contributed by atoms with Gasteiger partial charge in [-0.3, -0.25) is 4.55 Å². The van der Waals surface area contributed by atoms with E-state index in [1.165, 1.54) is 28.4 Å². The zero-order chi connectivity index (χ0) is 19.7. The molecule has 6 unspecified atom stereocenters. The van der Waals surface area contributed by atoms with Gasteiger partial charge in [-0.2, -0.15) is 8.42 Å². The van der Waals surface area contributed by atoms with E-state index in [1.807, 2.05) is 0 Å². The number of methoxy groups -OCH3 is 4. The average Bonchev–Trinajstić information content (AvgIpc) is 2.57. The summed E-state index contributed by atoms with van der Waals surface area (Å²) in [6, 6.07) is 0. The van der Waals surface area contributed by atoms with E-state index >= 15 is 0 Å². The van der Waals surface area contributed by atoms with E-state index in [4.69, 9.17) is 39.6 Å². The predicted octanol–water partition coefficient (Wildman–Crippen LogP) is -0.717. The summed E-state index contributed by atoms with van der Waals surface area (Å²) < 4.78 is 69.2. The lowest BCUT2D eigenvalue weighted by molar-refractivity contribution is -0.308. The van der Waals surface area contributed by atoms with Crippen LogP contribution >= 0.6 is 0 Å². The van der Waals surface area contributed by atoms with Gasteiger partial charge in [-0.05, 0) is 0 Å². The molecule has 1 N–H and O–H groups in total. The lowest BCUT2D eigenvalue weighted by atomic mass is 9.99. The number of rotatable bonds is 11. The Morgan fingerprint density at radius 3 is 2.15 bits per heavy atom. The van der Waals surface area contributed by atoms with E-state index < -0.39 is 52.7 Å². The van der Waals surface area contributed by atoms with E-state index in [0.29, 0.717) is 0 Å². The third-order valence-electron chi connectivity index (χ3n) is 3.82. The Bertz CT molecular complexity index is 545. The van der Waals surface area contributed by atoms with Crippen LogP contribution in [0, 0.1) is 12.5 Å². The van der Waals surface area contributed by atoms with Crippen LogP contribution in [-0.2, 0) is 43.3 Å². The first-order chi connectivity index (χ1) is 12.3. The highest BCUT2D eigenvalue weighted by Gasteiger charge is 2.48. The van der Waals surface area contributed by atoms with E-state index in [2.05, 4.69) is 6.11 Å². The van der Waals surface area contributed by atoms with E-state index in [-0.39, 0.29) is 13.2 Å². The first-order valence-electron chi connectivity index (χ1n) is 7.72. The highest BCUT2D eigenvalue weighted by Crippen LogP contribution is 2.28. The molecule has 0 radical (unpaired) electrons. The smallest absolute Gasteiger partial charge is 0.267 e. The molecule has 6 atom stereocenters. The van der Waals surface area contributed by atoms with Gasteiger partial charge in [0.2, 0.25) is 0 Å². The van der Waals surface area contributed by atoms with Crippen LogP contribution in [0.2, 0.25) is 0 Å². The van der Waals surface area contributed by atoms with Gasteiger partial charge >= 0.3 is 0 Å². The second-order valence-corrected chi connectivity index (χ2v) is 7.04. The van der Waals surface area contributed by atoms with Crippen molar-refractivity contribution in [3.8, 4) is 12.5 Å². The van der Waals surface area contributed by atoms with Gasteiger partial charge in [-0.25, -0.2) is 0 Å². The SMILES string of the molecule is C#COC(COC)COC1OC(CS(=O)(=O)O)C(OC)C(OC)C1OC. The maximum absolute atomic E-state index is 11.3. The molecule has 0 aromatic rings. The molecule has 10 nitrogen and oxygen atoms in total. The molecule has 0 spiro atoms. The van der Waals surface area contributed by atoms with Gasteiger partial charge in [-0.1, -0.05) is 6.42 Å². The summed E-state index contributed by atoms with van der Waals surface area (Å²) in [5.41, 5.74) is 0.